The van der Waals surface area contributed by atoms with Crippen LogP contribution in [0.15, 0.2) is 72.8 Å². The monoisotopic (exact) mass is 518 g/mol. The molecule has 1 fully saturated rings. The largest absolute Gasteiger partial charge is 0.496 e. The minimum absolute atomic E-state index is 0.00118. The van der Waals surface area contributed by atoms with Crippen molar-refractivity contribution in [3.8, 4) is 16.9 Å². The van der Waals surface area contributed by atoms with Gasteiger partial charge >= 0.3 is 0 Å². The molecule has 1 N–H and O–H groups in total. The fourth-order valence-corrected chi connectivity index (χ4v) is 6.69. The van der Waals surface area contributed by atoms with Gasteiger partial charge in [-0.05, 0) is 62.1 Å². The number of methoxy groups -OCH3 is 1. The third kappa shape index (κ3) is 5.01. The van der Waals surface area contributed by atoms with Crippen molar-refractivity contribution in [2.75, 3.05) is 14.2 Å². The molecule has 1 heterocycles. The van der Waals surface area contributed by atoms with Crippen LogP contribution in [0.3, 0.4) is 0 Å². The van der Waals surface area contributed by atoms with Crippen LogP contribution in [0.5, 0.6) is 5.75 Å². The molecule has 0 spiro atoms. The third-order valence-electron chi connectivity index (χ3n) is 7.26. The van der Waals surface area contributed by atoms with Crippen molar-refractivity contribution in [2.24, 2.45) is 0 Å². The van der Waals surface area contributed by atoms with Gasteiger partial charge in [-0.3, -0.25) is 4.79 Å². The summed E-state index contributed by atoms with van der Waals surface area (Å²) in [5.74, 6) is 0.792. The van der Waals surface area contributed by atoms with E-state index in [2.05, 4.69) is 29.6 Å². The maximum Gasteiger partial charge on any atom is 0.266 e. The number of carbonyl (C=O) groups is 1. The maximum atomic E-state index is 14.1. The first kappa shape index (κ1) is 24.8. The van der Waals surface area contributed by atoms with E-state index >= 15 is 0 Å². The summed E-state index contributed by atoms with van der Waals surface area (Å²) in [5, 5.41) is 4.90. The van der Waals surface area contributed by atoms with E-state index in [1.165, 1.54) is 11.3 Å². The molecule has 3 aromatic carbocycles. The molecule has 0 saturated heterocycles. The summed E-state index contributed by atoms with van der Waals surface area (Å²) in [6.45, 7) is 0.474. The number of nitrogens with one attached hydrogen (secondary N) is 1. The van der Waals surface area contributed by atoms with Crippen LogP contribution in [0.25, 0.3) is 21.2 Å². The lowest BCUT2D eigenvalue weighted by Crippen LogP contribution is -2.44. The van der Waals surface area contributed by atoms with Gasteiger partial charge in [0.15, 0.2) is 0 Å². The van der Waals surface area contributed by atoms with Gasteiger partial charge in [-0.15, -0.1) is 11.3 Å². The van der Waals surface area contributed by atoms with E-state index in [0.29, 0.717) is 22.5 Å². The highest BCUT2D eigenvalue weighted by molar-refractivity contribution is 7.21. The molecule has 4 nitrogen and oxygen atoms in total. The Morgan fingerprint density at radius 3 is 2.42 bits per heavy atom. The number of carbonyl (C=O) groups excluding carboxylic acids is 1. The van der Waals surface area contributed by atoms with E-state index < -0.39 is 0 Å². The average Bonchev–Trinajstić information content (AvgIpc) is 3.28. The first-order valence-electron chi connectivity index (χ1n) is 12.5. The molecule has 0 atom stereocenters. The van der Waals surface area contributed by atoms with Crippen molar-refractivity contribution in [3.05, 3.63) is 88.3 Å². The molecule has 0 aliphatic heterocycles. The summed E-state index contributed by atoms with van der Waals surface area (Å²) >= 11 is 8.26. The number of thiophene rings is 1. The van der Waals surface area contributed by atoms with E-state index in [4.69, 9.17) is 16.3 Å². The quantitative estimate of drug-likeness (QED) is 0.277. The van der Waals surface area contributed by atoms with E-state index in [0.717, 1.165) is 58.2 Å². The minimum atomic E-state index is 0.00118. The molecular weight excluding hydrogens is 488 g/mol. The van der Waals surface area contributed by atoms with Crippen LogP contribution < -0.4 is 10.1 Å². The molecule has 4 aromatic rings. The van der Waals surface area contributed by atoms with Crippen LogP contribution in [0.4, 0.5) is 0 Å². The lowest BCUT2D eigenvalue weighted by molar-refractivity contribution is 0.0604. The Hall–Kier alpha value is -2.86. The smallest absolute Gasteiger partial charge is 0.266 e. The Bertz CT molecular complexity index is 1350. The van der Waals surface area contributed by atoms with Crippen LogP contribution in [0.1, 0.15) is 40.9 Å². The summed E-state index contributed by atoms with van der Waals surface area (Å²) in [4.78, 5) is 16.8. The molecule has 186 valence electrons. The topological polar surface area (TPSA) is 41.6 Å². The second kappa shape index (κ2) is 11.0. The highest BCUT2D eigenvalue weighted by Gasteiger charge is 2.32. The van der Waals surface area contributed by atoms with Gasteiger partial charge in [-0.2, -0.15) is 0 Å². The van der Waals surface area contributed by atoms with Crippen molar-refractivity contribution < 1.29 is 9.53 Å². The number of ether oxygens (including phenoxy) is 1. The summed E-state index contributed by atoms with van der Waals surface area (Å²) in [6, 6.07) is 25.1. The SMILES string of the molecule is CN[C@H]1CC[C@H](N(Cc2cc(-c3ccccc3)ccc2OC)C(=O)c2sc3ccccc3c2Cl)CC1. The molecule has 5 rings (SSSR count). The van der Waals surface area contributed by atoms with E-state index in [1.54, 1.807) is 7.11 Å². The van der Waals surface area contributed by atoms with Gasteiger partial charge in [0, 0.05) is 34.3 Å². The Labute approximate surface area is 221 Å². The molecule has 1 saturated carbocycles. The fraction of sp³-hybridized carbons (Fsp3) is 0.300. The molecular formula is C30H31ClN2O2S. The zero-order valence-electron chi connectivity index (χ0n) is 20.7. The lowest BCUT2D eigenvalue weighted by Gasteiger charge is -2.37. The number of amides is 1. The first-order chi connectivity index (χ1) is 17.6. The summed E-state index contributed by atoms with van der Waals surface area (Å²) in [5.41, 5.74) is 3.25. The Balaban J connectivity index is 1.53. The van der Waals surface area contributed by atoms with Crippen molar-refractivity contribution in [2.45, 2.75) is 44.3 Å². The zero-order valence-corrected chi connectivity index (χ0v) is 22.2. The number of hydrogen-bond acceptors (Lipinski definition) is 4. The molecule has 1 aromatic heterocycles. The van der Waals surface area contributed by atoms with Gasteiger partial charge in [0.1, 0.15) is 10.6 Å². The predicted octanol–water partition coefficient (Wildman–Crippen LogP) is 7.40. The van der Waals surface area contributed by atoms with Gasteiger partial charge in [0.05, 0.1) is 12.1 Å². The Morgan fingerprint density at radius 1 is 1.00 bits per heavy atom. The average molecular weight is 519 g/mol. The minimum Gasteiger partial charge on any atom is -0.496 e. The number of rotatable bonds is 7. The second-order valence-corrected chi connectivity index (χ2v) is 10.8. The van der Waals surface area contributed by atoms with E-state index in [-0.39, 0.29) is 11.9 Å². The molecule has 0 unspecified atom stereocenters. The van der Waals surface area contributed by atoms with E-state index in [1.807, 2.05) is 60.5 Å². The van der Waals surface area contributed by atoms with Gasteiger partial charge in [0.2, 0.25) is 0 Å². The standard InChI is InChI=1S/C30H31ClN2O2S/c1-32-23-13-15-24(16-14-23)33(30(34)29-28(31)25-10-6-7-11-27(25)36-29)19-22-18-21(12-17-26(22)35-2)20-8-4-3-5-9-20/h3-12,17-18,23-24,32H,13-16,19H2,1-2H3/t23-,24-. The number of halogens is 1. The maximum absolute atomic E-state index is 14.1. The number of nitrogens with zero attached hydrogens (tertiary/aromatic N) is 1. The normalized spacial score (nSPS) is 17.8. The molecule has 0 radical (unpaired) electrons. The number of hydrogen-bond donors (Lipinski definition) is 1. The van der Waals surface area contributed by atoms with Gasteiger partial charge in [-0.25, -0.2) is 0 Å². The molecule has 1 amide bonds. The highest BCUT2D eigenvalue weighted by atomic mass is 35.5. The highest BCUT2D eigenvalue weighted by Crippen LogP contribution is 2.38. The predicted molar refractivity (Wildman–Crippen MR) is 150 cm³/mol. The van der Waals surface area contributed by atoms with Crippen LogP contribution in [-0.4, -0.2) is 37.0 Å². The third-order valence-corrected chi connectivity index (χ3v) is 8.93. The van der Waals surface area contributed by atoms with Crippen molar-refractivity contribution in [3.63, 3.8) is 0 Å². The van der Waals surface area contributed by atoms with Crippen LogP contribution in [0.2, 0.25) is 5.02 Å². The molecule has 1 aliphatic rings. The van der Waals surface area contributed by atoms with Gasteiger partial charge < -0.3 is 15.0 Å². The van der Waals surface area contributed by atoms with Crippen LogP contribution in [-0.2, 0) is 6.54 Å². The van der Waals surface area contributed by atoms with Crippen LogP contribution >= 0.6 is 22.9 Å². The first-order valence-corrected chi connectivity index (χ1v) is 13.7. The molecule has 6 heteroatoms. The zero-order chi connectivity index (χ0) is 25.1. The van der Waals surface area contributed by atoms with Crippen LogP contribution in [0, 0.1) is 0 Å². The van der Waals surface area contributed by atoms with Gasteiger partial charge in [0.25, 0.3) is 5.91 Å². The Morgan fingerprint density at radius 2 is 1.72 bits per heavy atom. The molecule has 1 aliphatic carbocycles. The summed E-state index contributed by atoms with van der Waals surface area (Å²) in [7, 11) is 3.71. The summed E-state index contributed by atoms with van der Waals surface area (Å²) in [6.07, 6.45) is 4.01. The second-order valence-electron chi connectivity index (χ2n) is 9.36. The van der Waals surface area contributed by atoms with Crippen molar-refractivity contribution in [1.82, 2.24) is 10.2 Å². The molecule has 36 heavy (non-hydrogen) atoms. The van der Waals surface area contributed by atoms with Crippen molar-refractivity contribution in [1.29, 1.82) is 0 Å². The number of benzene rings is 3. The fourth-order valence-electron chi connectivity index (χ4n) is 5.22. The Kier molecular flexibility index (Phi) is 7.61. The summed E-state index contributed by atoms with van der Waals surface area (Å²) < 4.78 is 6.78. The lowest BCUT2D eigenvalue weighted by atomic mass is 9.89. The molecule has 0 bridgehead atoms. The van der Waals surface area contributed by atoms with Gasteiger partial charge in [-0.1, -0.05) is 66.2 Å². The number of fused-ring (bicyclic) bond motifs is 1. The van der Waals surface area contributed by atoms with E-state index in [9.17, 15) is 4.79 Å². The van der Waals surface area contributed by atoms with Crippen molar-refractivity contribution >= 4 is 38.9 Å².